The van der Waals surface area contributed by atoms with Crippen LogP contribution in [0.1, 0.15) is 17.5 Å². The first-order valence-electron chi connectivity index (χ1n) is 9.45. The maximum Gasteiger partial charge on any atom is 0.289 e. The van der Waals surface area contributed by atoms with Crippen LogP contribution in [0, 0.1) is 0 Å². The number of rotatable bonds is 4. The van der Waals surface area contributed by atoms with Gasteiger partial charge in [0.15, 0.2) is 11.2 Å². The van der Waals surface area contributed by atoms with Crippen molar-refractivity contribution in [2.24, 2.45) is 0 Å². The lowest BCUT2D eigenvalue weighted by Gasteiger charge is -2.37. The molecular formula is C22H21ClN2O4. The summed E-state index contributed by atoms with van der Waals surface area (Å²) in [4.78, 5) is 29.0. The van der Waals surface area contributed by atoms with Crippen LogP contribution in [0.25, 0.3) is 11.0 Å². The molecule has 0 saturated carbocycles. The van der Waals surface area contributed by atoms with Gasteiger partial charge in [-0.3, -0.25) is 9.59 Å². The lowest BCUT2D eigenvalue weighted by molar-refractivity contribution is 0.0680. The molecule has 0 spiro atoms. The van der Waals surface area contributed by atoms with Crippen molar-refractivity contribution in [1.82, 2.24) is 4.90 Å². The van der Waals surface area contributed by atoms with Crippen molar-refractivity contribution < 1.29 is 13.9 Å². The second-order valence-electron chi connectivity index (χ2n) is 7.05. The molecule has 4 rings (SSSR count). The highest BCUT2D eigenvalue weighted by Gasteiger charge is 2.27. The predicted molar refractivity (Wildman–Crippen MR) is 113 cm³/mol. The molecule has 1 atom stereocenters. The van der Waals surface area contributed by atoms with Gasteiger partial charge in [-0.15, -0.1) is 0 Å². The Kier molecular flexibility index (Phi) is 5.20. The second kappa shape index (κ2) is 7.79. The first-order valence-corrected chi connectivity index (χ1v) is 9.83. The molecule has 0 bridgehead atoms. The number of anilines is 1. The molecule has 6 nitrogen and oxygen atoms in total. The number of amides is 1. The number of halogens is 1. The Bertz CT molecular complexity index is 1130. The molecule has 1 aromatic heterocycles. The minimum atomic E-state index is -0.371. The zero-order valence-corrected chi connectivity index (χ0v) is 17.0. The highest BCUT2D eigenvalue weighted by atomic mass is 35.5. The van der Waals surface area contributed by atoms with E-state index in [9.17, 15) is 9.59 Å². The summed E-state index contributed by atoms with van der Waals surface area (Å²) < 4.78 is 11.8. The highest BCUT2D eigenvalue weighted by molar-refractivity contribution is 6.31. The Balaban J connectivity index is 1.54. The monoisotopic (exact) mass is 412 g/mol. The van der Waals surface area contributed by atoms with Crippen molar-refractivity contribution in [2.45, 2.75) is 13.0 Å². The largest absolute Gasteiger partial charge is 0.485 e. The molecule has 7 heteroatoms. The molecular weight excluding hydrogens is 392 g/mol. The molecule has 1 amide bonds. The summed E-state index contributed by atoms with van der Waals surface area (Å²) in [7, 11) is 1.68. The van der Waals surface area contributed by atoms with Crippen molar-refractivity contribution in [3.05, 3.63) is 69.5 Å². The van der Waals surface area contributed by atoms with Gasteiger partial charge in [-0.1, -0.05) is 23.7 Å². The number of carbonyl (C=O) groups excluding carboxylic acids is 1. The van der Waals surface area contributed by atoms with Gasteiger partial charge < -0.3 is 19.0 Å². The first-order chi connectivity index (χ1) is 14.0. The van der Waals surface area contributed by atoms with Crippen molar-refractivity contribution >= 4 is 34.2 Å². The third-order valence-electron chi connectivity index (χ3n) is 5.03. The minimum Gasteiger partial charge on any atom is -0.485 e. The lowest BCUT2D eigenvalue weighted by atomic mass is 10.1. The number of benzene rings is 2. The van der Waals surface area contributed by atoms with Crippen LogP contribution in [0.15, 0.2) is 57.7 Å². The van der Waals surface area contributed by atoms with Crippen molar-refractivity contribution in [2.75, 3.05) is 31.6 Å². The van der Waals surface area contributed by atoms with E-state index in [1.165, 1.54) is 17.0 Å². The van der Waals surface area contributed by atoms with Gasteiger partial charge in [0.05, 0.1) is 24.2 Å². The third kappa shape index (κ3) is 3.80. The second-order valence-corrected chi connectivity index (χ2v) is 7.48. The fourth-order valence-electron chi connectivity index (χ4n) is 3.58. The first kappa shape index (κ1) is 19.3. The zero-order valence-electron chi connectivity index (χ0n) is 16.2. The lowest BCUT2D eigenvalue weighted by Crippen LogP contribution is -2.46. The number of nitrogens with zero attached hydrogens (tertiary/aromatic N) is 2. The van der Waals surface area contributed by atoms with Gasteiger partial charge in [0.1, 0.15) is 17.4 Å². The highest BCUT2D eigenvalue weighted by Crippen LogP contribution is 2.33. The van der Waals surface area contributed by atoms with Crippen LogP contribution in [-0.2, 0) is 0 Å². The average molecular weight is 413 g/mol. The summed E-state index contributed by atoms with van der Waals surface area (Å²) >= 11 is 5.94. The van der Waals surface area contributed by atoms with Crippen LogP contribution in [0.3, 0.4) is 0 Å². The van der Waals surface area contributed by atoms with Crippen LogP contribution in [0.4, 0.5) is 5.69 Å². The van der Waals surface area contributed by atoms with E-state index in [0.717, 1.165) is 18.0 Å². The molecule has 0 fully saturated rings. The number of likely N-dealkylation sites (N-methyl/N-ethyl adjacent to an activating group) is 2. The van der Waals surface area contributed by atoms with Gasteiger partial charge in [0.2, 0.25) is 0 Å². The van der Waals surface area contributed by atoms with Gasteiger partial charge in [0, 0.05) is 24.7 Å². The van der Waals surface area contributed by atoms with Gasteiger partial charge in [-0.2, -0.15) is 0 Å². The van der Waals surface area contributed by atoms with Crippen LogP contribution in [0.2, 0.25) is 5.02 Å². The Hall–Kier alpha value is -2.99. The van der Waals surface area contributed by atoms with Crippen molar-refractivity contribution in [3.8, 4) is 5.75 Å². The molecule has 0 N–H and O–H groups in total. The van der Waals surface area contributed by atoms with E-state index in [4.69, 9.17) is 20.8 Å². The molecule has 0 aliphatic carbocycles. The smallest absolute Gasteiger partial charge is 0.289 e. The molecule has 2 heterocycles. The molecule has 150 valence electrons. The summed E-state index contributed by atoms with van der Waals surface area (Å²) in [5.74, 6) is 0.431. The molecule has 0 saturated heterocycles. The third-order valence-corrected chi connectivity index (χ3v) is 5.26. The number of ether oxygens (including phenoxy) is 1. The van der Waals surface area contributed by atoms with E-state index >= 15 is 0 Å². The SMILES string of the molecule is CCN1C[C@@H](CN(C)C(=O)c2cc(=O)c3cc(Cl)ccc3o2)Oc2ccccc21. The molecule has 1 aliphatic rings. The normalized spacial score (nSPS) is 15.7. The zero-order chi connectivity index (χ0) is 20.5. The molecule has 2 aromatic carbocycles. The number of para-hydroxylation sites is 2. The number of hydrogen-bond acceptors (Lipinski definition) is 5. The number of fused-ring (bicyclic) bond motifs is 2. The standard InChI is InChI=1S/C22H21ClN2O4/c1-3-25-13-15(28-20-7-5-4-6-17(20)25)12-24(2)22(27)21-11-18(26)16-10-14(23)8-9-19(16)29-21/h4-11,15H,3,12-13H2,1-2H3/t15-/m1/s1. The topological polar surface area (TPSA) is 63.0 Å². The Morgan fingerprint density at radius 2 is 2.03 bits per heavy atom. The van der Waals surface area contributed by atoms with Gasteiger partial charge in [0.25, 0.3) is 5.91 Å². The van der Waals surface area contributed by atoms with Crippen molar-refractivity contribution in [1.29, 1.82) is 0 Å². The van der Waals surface area contributed by atoms with Crippen LogP contribution in [-0.4, -0.2) is 43.6 Å². The summed E-state index contributed by atoms with van der Waals surface area (Å²) in [6.45, 7) is 3.97. The number of hydrogen-bond donors (Lipinski definition) is 0. The van der Waals surface area contributed by atoms with E-state index in [0.29, 0.717) is 29.1 Å². The van der Waals surface area contributed by atoms with E-state index in [1.54, 1.807) is 19.2 Å². The maximum absolute atomic E-state index is 12.9. The molecule has 1 aliphatic heterocycles. The van der Waals surface area contributed by atoms with Gasteiger partial charge in [-0.25, -0.2) is 0 Å². The van der Waals surface area contributed by atoms with E-state index in [1.807, 2.05) is 24.3 Å². The minimum absolute atomic E-state index is 0.00382. The fraction of sp³-hybridized carbons (Fsp3) is 0.273. The van der Waals surface area contributed by atoms with E-state index in [2.05, 4.69) is 11.8 Å². The Morgan fingerprint density at radius 1 is 1.24 bits per heavy atom. The van der Waals surface area contributed by atoms with Crippen molar-refractivity contribution in [3.63, 3.8) is 0 Å². The van der Waals surface area contributed by atoms with Crippen LogP contribution >= 0.6 is 11.6 Å². The maximum atomic E-state index is 12.9. The molecule has 0 radical (unpaired) electrons. The summed E-state index contributed by atoms with van der Waals surface area (Å²) in [5.41, 5.74) is 1.09. The Morgan fingerprint density at radius 3 is 2.83 bits per heavy atom. The number of carbonyl (C=O) groups is 1. The molecule has 29 heavy (non-hydrogen) atoms. The summed E-state index contributed by atoms with van der Waals surface area (Å²) in [6, 6.07) is 13.8. The summed E-state index contributed by atoms with van der Waals surface area (Å²) in [5, 5.41) is 0.790. The molecule has 0 unspecified atom stereocenters. The molecule has 3 aromatic rings. The van der Waals surface area contributed by atoms with Gasteiger partial charge >= 0.3 is 0 Å². The quantitative estimate of drug-likeness (QED) is 0.652. The van der Waals surface area contributed by atoms with Crippen LogP contribution < -0.4 is 15.1 Å². The van der Waals surface area contributed by atoms with E-state index < -0.39 is 0 Å². The Labute approximate surface area is 173 Å². The van der Waals surface area contributed by atoms with Gasteiger partial charge in [-0.05, 0) is 37.3 Å². The van der Waals surface area contributed by atoms with Crippen LogP contribution in [0.5, 0.6) is 5.75 Å². The summed E-state index contributed by atoms with van der Waals surface area (Å²) in [6.07, 6.45) is -0.190. The fourth-order valence-corrected chi connectivity index (χ4v) is 3.76. The van der Waals surface area contributed by atoms with E-state index in [-0.39, 0.29) is 23.2 Å². The average Bonchev–Trinajstić information content (AvgIpc) is 2.72. The predicted octanol–water partition coefficient (Wildman–Crippen LogP) is 3.81.